The van der Waals surface area contributed by atoms with E-state index in [0.29, 0.717) is 0 Å². The van der Waals surface area contributed by atoms with Gasteiger partial charge in [0.25, 0.3) is 0 Å². The Bertz CT molecular complexity index is 296. The van der Waals surface area contributed by atoms with Crippen LogP contribution in [0.5, 0.6) is 0 Å². The molecule has 1 aliphatic heterocycles. The summed E-state index contributed by atoms with van der Waals surface area (Å²) >= 11 is 0. The molecule has 19 heavy (non-hydrogen) atoms. The second kappa shape index (κ2) is 7.25. The van der Waals surface area contributed by atoms with E-state index in [1.165, 1.54) is 6.42 Å². The van der Waals surface area contributed by atoms with E-state index in [4.69, 9.17) is 5.73 Å². The Morgan fingerprint density at radius 2 is 1.74 bits per heavy atom. The largest absolute Gasteiger partial charge is 0.394 e. The van der Waals surface area contributed by atoms with E-state index < -0.39 is 0 Å². The molecular formula is C15H28N2O2. The molecule has 1 heterocycles. The fraction of sp³-hybridized carbons (Fsp3) is 0.933. The quantitative estimate of drug-likeness (QED) is 0.748. The van der Waals surface area contributed by atoms with Crippen molar-refractivity contribution in [2.75, 3.05) is 13.2 Å². The number of carbonyl (C=O) groups is 1. The molecule has 0 spiro atoms. The average Bonchev–Trinajstić information content (AvgIpc) is 2.77. The minimum atomic E-state index is -0.0188. The maximum Gasteiger partial charge on any atom is 0.227 e. The van der Waals surface area contributed by atoms with Gasteiger partial charge in [-0.3, -0.25) is 4.79 Å². The van der Waals surface area contributed by atoms with E-state index in [-0.39, 0.29) is 30.5 Å². The molecule has 3 atom stereocenters. The lowest BCUT2D eigenvalue weighted by Crippen LogP contribution is -2.49. The maximum absolute atomic E-state index is 12.8. The lowest BCUT2D eigenvalue weighted by Gasteiger charge is -2.33. The molecule has 1 amide bonds. The van der Waals surface area contributed by atoms with Gasteiger partial charge in [-0.15, -0.1) is 0 Å². The SMILES string of the molecule is NC1CCCCCC1C(=O)N1CCCCCC1CO. The zero-order valence-electron chi connectivity index (χ0n) is 11.9. The molecule has 0 radical (unpaired) electrons. The predicted octanol–water partition coefficient (Wildman–Crippen LogP) is 1.66. The monoisotopic (exact) mass is 268 g/mol. The minimum Gasteiger partial charge on any atom is -0.394 e. The third kappa shape index (κ3) is 3.69. The Kier molecular flexibility index (Phi) is 5.64. The molecule has 0 bridgehead atoms. The zero-order chi connectivity index (χ0) is 13.7. The third-order valence-electron chi connectivity index (χ3n) is 4.76. The van der Waals surface area contributed by atoms with Gasteiger partial charge in [0.1, 0.15) is 0 Å². The molecule has 1 saturated carbocycles. The van der Waals surface area contributed by atoms with E-state index in [1.807, 2.05) is 4.90 Å². The third-order valence-corrected chi connectivity index (χ3v) is 4.76. The van der Waals surface area contributed by atoms with Crippen LogP contribution in [0, 0.1) is 5.92 Å². The van der Waals surface area contributed by atoms with Crippen LogP contribution >= 0.6 is 0 Å². The molecule has 2 rings (SSSR count). The number of hydrogen-bond donors (Lipinski definition) is 2. The number of likely N-dealkylation sites (tertiary alicyclic amines) is 1. The van der Waals surface area contributed by atoms with Crippen LogP contribution in [0.1, 0.15) is 57.8 Å². The van der Waals surface area contributed by atoms with Gasteiger partial charge in [-0.2, -0.15) is 0 Å². The van der Waals surface area contributed by atoms with Crippen LogP contribution in [-0.2, 0) is 4.79 Å². The van der Waals surface area contributed by atoms with E-state index in [2.05, 4.69) is 0 Å². The molecule has 1 aliphatic carbocycles. The van der Waals surface area contributed by atoms with Crippen molar-refractivity contribution in [1.29, 1.82) is 0 Å². The summed E-state index contributed by atoms with van der Waals surface area (Å²) in [5, 5.41) is 9.53. The first-order valence-corrected chi connectivity index (χ1v) is 7.91. The topological polar surface area (TPSA) is 66.6 Å². The van der Waals surface area contributed by atoms with Gasteiger partial charge < -0.3 is 15.7 Å². The fourth-order valence-corrected chi connectivity index (χ4v) is 3.51. The van der Waals surface area contributed by atoms with Gasteiger partial charge in [0, 0.05) is 12.6 Å². The first-order valence-electron chi connectivity index (χ1n) is 7.91. The van der Waals surface area contributed by atoms with Gasteiger partial charge in [-0.05, 0) is 25.7 Å². The van der Waals surface area contributed by atoms with Crippen molar-refractivity contribution < 1.29 is 9.90 Å². The first-order chi connectivity index (χ1) is 9.24. The van der Waals surface area contributed by atoms with Crippen LogP contribution in [0.15, 0.2) is 0 Å². The summed E-state index contributed by atoms with van der Waals surface area (Å²) in [6.07, 6.45) is 9.62. The van der Waals surface area contributed by atoms with Gasteiger partial charge in [0.2, 0.25) is 5.91 Å². The van der Waals surface area contributed by atoms with Gasteiger partial charge in [-0.1, -0.05) is 32.1 Å². The molecule has 4 nitrogen and oxygen atoms in total. The molecule has 0 aromatic carbocycles. The number of aliphatic hydroxyl groups excluding tert-OH is 1. The Morgan fingerprint density at radius 3 is 2.53 bits per heavy atom. The van der Waals surface area contributed by atoms with Crippen molar-refractivity contribution in [2.24, 2.45) is 11.7 Å². The molecule has 3 unspecified atom stereocenters. The Labute approximate surface area is 116 Å². The van der Waals surface area contributed by atoms with Gasteiger partial charge >= 0.3 is 0 Å². The summed E-state index contributed by atoms with van der Waals surface area (Å²) in [6.45, 7) is 0.890. The van der Waals surface area contributed by atoms with Crippen LogP contribution in [0.2, 0.25) is 0 Å². The number of aliphatic hydroxyl groups is 1. The van der Waals surface area contributed by atoms with Crippen molar-refractivity contribution in [2.45, 2.75) is 69.9 Å². The summed E-state index contributed by atoms with van der Waals surface area (Å²) in [7, 11) is 0. The van der Waals surface area contributed by atoms with E-state index in [1.54, 1.807) is 0 Å². The van der Waals surface area contributed by atoms with Gasteiger partial charge in [-0.25, -0.2) is 0 Å². The number of nitrogens with two attached hydrogens (primary N) is 1. The van der Waals surface area contributed by atoms with Gasteiger partial charge in [0.05, 0.1) is 18.6 Å². The summed E-state index contributed by atoms with van der Waals surface area (Å²) in [5.74, 6) is 0.185. The standard InChI is InChI=1S/C15H28N2O2/c16-14-9-5-1-4-8-13(14)15(19)17-10-6-2-3-7-12(17)11-18/h12-14,18H,1-11,16H2. The zero-order valence-corrected chi connectivity index (χ0v) is 11.9. The normalized spacial score (nSPS) is 33.6. The second-order valence-electron chi connectivity index (χ2n) is 6.13. The van der Waals surface area contributed by atoms with Gasteiger partial charge in [0.15, 0.2) is 0 Å². The first kappa shape index (κ1) is 14.8. The lowest BCUT2D eigenvalue weighted by molar-refractivity contribution is -0.139. The van der Waals surface area contributed by atoms with Crippen LogP contribution < -0.4 is 5.73 Å². The maximum atomic E-state index is 12.8. The molecule has 2 fully saturated rings. The Balaban J connectivity index is 2.06. The summed E-state index contributed by atoms with van der Waals surface area (Å²) in [4.78, 5) is 14.7. The summed E-state index contributed by atoms with van der Waals surface area (Å²) in [5.41, 5.74) is 6.20. The number of rotatable bonds is 2. The summed E-state index contributed by atoms with van der Waals surface area (Å²) < 4.78 is 0. The lowest BCUT2D eigenvalue weighted by atomic mass is 9.93. The Morgan fingerprint density at radius 1 is 1.05 bits per heavy atom. The highest BCUT2D eigenvalue weighted by Crippen LogP contribution is 2.26. The van der Waals surface area contributed by atoms with Crippen LogP contribution in [-0.4, -0.2) is 41.1 Å². The highest BCUT2D eigenvalue weighted by molar-refractivity contribution is 5.80. The molecule has 3 N–H and O–H groups in total. The smallest absolute Gasteiger partial charge is 0.227 e. The molecule has 0 aromatic rings. The number of hydrogen-bond acceptors (Lipinski definition) is 3. The number of amides is 1. The highest BCUT2D eigenvalue weighted by Gasteiger charge is 2.33. The van der Waals surface area contributed by atoms with Crippen molar-refractivity contribution in [3.8, 4) is 0 Å². The van der Waals surface area contributed by atoms with Crippen LogP contribution in [0.3, 0.4) is 0 Å². The van der Waals surface area contributed by atoms with E-state index >= 15 is 0 Å². The molecular weight excluding hydrogens is 240 g/mol. The minimum absolute atomic E-state index is 0.0117. The predicted molar refractivity (Wildman–Crippen MR) is 75.6 cm³/mol. The van der Waals surface area contributed by atoms with Crippen molar-refractivity contribution >= 4 is 5.91 Å². The molecule has 0 aromatic heterocycles. The van der Waals surface area contributed by atoms with E-state index in [9.17, 15) is 9.90 Å². The second-order valence-corrected chi connectivity index (χ2v) is 6.13. The van der Waals surface area contributed by atoms with Crippen LogP contribution in [0.25, 0.3) is 0 Å². The number of nitrogens with zero attached hydrogens (tertiary/aromatic N) is 1. The van der Waals surface area contributed by atoms with Crippen molar-refractivity contribution in [1.82, 2.24) is 4.90 Å². The average molecular weight is 268 g/mol. The molecule has 2 aliphatic rings. The van der Waals surface area contributed by atoms with Crippen LogP contribution in [0.4, 0.5) is 0 Å². The van der Waals surface area contributed by atoms with Crippen molar-refractivity contribution in [3.63, 3.8) is 0 Å². The number of carbonyl (C=O) groups excluding carboxylic acids is 1. The van der Waals surface area contributed by atoms with E-state index in [0.717, 1.165) is 57.9 Å². The molecule has 1 saturated heterocycles. The Hall–Kier alpha value is -0.610. The summed E-state index contributed by atoms with van der Waals surface area (Å²) in [6, 6.07) is 0.0306. The van der Waals surface area contributed by atoms with Crippen molar-refractivity contribution in [3.05, 3.63) is 0 Å². The fourth-order valence-electron chi connectivity index (χ4n) is 3.51. The molecule has 4 heteroatoms. The highest BCUT2D eigenvalue weighted by atomic mass is 16.3. The molecule has 110 valence electrons.